The molecule has 0 unspecified atom stereocenters. The van der Waals surface area contributed by atoms with Gasteiger partial charge >= 0.3 is 0 Å². The third-order valence-corrected chi connectivity index (χ3v) is 7.39. The van der Waals surface area contributed by atoms with Crippen LogP contribution in [0.25, 0.3) is 0 Å². The maximum atomic E-state index is 12.6. The number of nitrogens with zero attached hydrogens (tertiary/aromatic N) is 2. The van der Waals surface area contributed by atoms with Gasteiger partial charge in [-0.15, -0.1) is 0 Å². The van der Waals surface area contributed by atoms with Crippen LogP contribution in [0.1, 0.15) is 24.5 Å². The van der Waals surface area contributed by atoms with E-state index in [0.717, 1.165) is 27.5 Å². The van der Waals surface area contributed by atoms with Gasteiger partial charge in [0.05, 0.1) is 17.4 Å². The van der Waals surface area contributed by atoms with Crippen LogP contribution in [0.15, 0.2) is 53.4 Å². The highest BCUT2D eigenvalue weighted by Crippen LogP contribution is 2.25. The summed E-state index contributed by atoms with van der Waals surface area (Å²) in [5.74, 6) is -2.00. The standard InChI is InChI=1S/C23H28N4O5S/c1-4-17-7-9-19(10-8-17)27-14-18(13-22(27)29)23(30)25-24-21(28)15-26(3)33(31,32)20-11-5-16(2)6-12-20/h5-12,18H,4,13-15H2,1-3H3,(H,24,28)(H,25,30)/t18-/m0/s1. The smallest absolute Gasteiger partial charge is 0.253 e. The van der Waals surface area contributed by atoms with Gasteiger partial charge in [-0.3, -0.25) is 25.2 Å². The van der Waals surface area contributed by atoms with E-state index < -0.39 is 34.3 Å². The van der Waals surface area contributed by atoms with Crippen molar-refractivity contribution in [3.8, 4) is 0 Å². The van der Waals surface area contributed by atoms with Crippen molar-refractivity contribution in [2.24, 2.45) is 5.92 Å². The number of sulfonamides is 1. The van der Waals surface area contributed by atoms with Crippen molar-refractivity contribution in [2.75, 3.05) is 25.0 Å². The first-order valence-corrected chi connectivity index (χ1v) is 12.1. The van der Waals surface area contributed by atoms with Gasteiger partial charge in [-0.25, -0.2) is 8.42 Å². The second kappa shape index (κ2) is 10.1. The Morgan fingerprint density at radius 3 is 2.30 bits per heavy atom. The van der Waals surface area contributed by atoms with E-state index in [1.54, 1.807) is 17.0 Å². The molecule has 2 N–H and O–H groups in total. The Morgan fingerprint density at radius 1 is 1.06 bits per heavy atom. The Morgan fingerprint density at radius 2 is 1.70 bits per heavy atom. The van der Waals surface area contributed by atoms with Gasteiger partial charge in [0.25, 0.3) is 5.91 Å². The Hall–Kier alpha value is -3.24. The molecule has 0 bridgehead atoms. The Kier molecular flexibility index (Phi) is 7.50. The largest absolute Gasteiger partial charge is 0.312 e. The minimum Gasteiger partial charge on any atom is -0.312 e. The zero-order valence-electron chi connectivity index (χ0n) is 18.9. The zero-order valence-corrected chi connectivity index (χ0v) is 19.7. The molecule has 0 aliphatic carbocycles. The number of rotatable bonds is 7. The molecule has 176 valence electrons. The van der Waals surface area contributed by atoms with Crippen LogP contribution >= 0.6 is 0 Å². The van der Waals surface area contributed by atoms with Crippen molar-refractivity contribution in [1.29, 1.82) is 0 Å². The molecule has 1 fully saturated rings. The second-order valence-electron chi connectivity index (χ2n) is 8.04. The normalized spacial score (nSPS) is 16.2. The number of carbonyl (C=O) groups is 3. The van der Waals surface area contributed by atoms with Crippen molar-refractivity contribution >= 4 is 33.4 Å². The number of likely N-dealkylation sites (N-methyl/N-ethyl adjacent to an activating group) is 1. The van der Waals surface area contributed by atoms with Crippen molar-refractivity contribution in [3.05, 3.63) is 59.7 Å². The lowest BCUT2D eigenvalue weighted by molar-refractivity contribution is -0.131. The van der Waals surface area contributed by atoms with Gasteiger partial charge in [0.15, 0.2) is 0 Å². The summed E-state index contributed by atoms with van der Waals surface area (Å²) < 4.78 is 26.1. The number of benzene rings is 2. The third kappa shape index (κ3) is 5.77. The number of hydrogen-bond donors (Lipinski definition) is 2. The molecule has 33 heavy (non-hydrogen) atoms. The molecule has 2 aromatic carbocycles. The molecule has 10 heteroatoms. The lowest BCUT2D eigenvalue weighted by Crippen LogP contribution is -2.48. The number of hydrazine groups is 1. The highest BCUT2D eigenvalue weighted by molar-refractivity contribution is 7.89. The van der Waals surface area contributed by atoms with E-state index in [2.05, 4.69) is 10.9 Å². The SMILES string of the molecule is CCc1ccc(N2C[C@@H](C(=O)NNC(=O)CN(C)S(=O)(=O)c3ccc(C)cc3)CC2=O)cc1. The van der Waals surface area contributed by atoms with E-state index in [0.29, 0.717) is 0 Å². The Bertz CT molecular complexity index is 1130. The highest BCUT2D eigenvalue weighted by atomic mass is 32.2. The van der Waals surface area contributed by atoms with Crippen LogP contribution in [-0.2, 0) is 30.8 Å². The predicted octanol–water partition coefficient (Wildman–Crippen LogP) is 1.38. The third-order valence-electron chi connectivity index (χ3n) is 5.57. The molecule has 1 aliphatic heterocycles. The number of amides is 3. The van der Waals surface area contributed by atoms with Gasteiger partial charge < -0.3 is 4.90 Å². The van der Waals surface area contributed by atoms with E-state index in [-0.39, 0.29) is 23.8 Å². The first-order valence-electron chi connectivity index (χ1n) is 10.6. The average Bonchev–Trinajstić information content (AvgIpc) is 3.19. The molecule has 1 heterocycles. The fourth-order valence-electron chi connectivity index (χ4n) is 3.49. The monoisotopic (exact) mass is 472 g/mol. The van der Waals surface area contributed by atoms with Gasteiger partial charge in [0.1, 0.15) is 0 Å². The van der Waals surface area contributed by atoms with E-state index >= 15 is 0 Å². The van der Waals surface area contributed by atoms with Crippen molar-refractivity contribution in [1.82, 2.24) is 15.2 Å². The summed E-state index contributed by atoms with van der Waals surface area (Å²) in [5.41, 5.74) is 7.32. The van der Waals surface area contributed by atoms with Crippen LogP contribution in [0, 0.1) is 12.8 Å². The van der Waals surface area contributed by atoms with Gasteiger partial charge in [0, 0.05) is 25.7 Å². The lowest BCUT2D eigenvalue weighted by atomic mass is 10.1. The van der Waals surface area contributed by atoms with E-state index in [9.17, 15) is 22.8 Å². The number of carbonyl (C=O) groups excluding carboxylic acids is 3. The highest BCUT2D eigenvalue weighted by Gasteiger charge is 2.35. The summed E-state index contributed by atoms with van der Waals surface area (Å²) in [7, 11) is -2.56. The van der Waals surface area contributed by atoms with Gasteiger partial charge in [0.2, 0.25) is 21.8 Å². The topological polar surface area (TPSA) is 116 Å². The van der Waals surface area contributed by atoms with Crippen LogP contribution in [-0.4, -0.2) is 50.6 Å². The van der Waals surface area contributed by atoms with Crippen LogP contribution in [0.2, 0.25) is 0 Å². The summed E-state index contributed by atoms with van der Waals surface area (Å²) in [5, 5.41) is 0. The molecule has 1 saturated heterocycles. The summed E-state index contributed by atoms with van der Waals surface area (Å²) in [4.78, 5) is 38.7. The van der Waals surface area contributed by atoms with Crippen LogP contribution in [0.5, 0.6) is 0 Å². The molecule has 3 amide bonds. The van der Waals surface area contributed by atoms with Gasteiger partial charge in [-0.1, -0.05) is 36.8 Å². The summed E-state index contributed by atoms with van der Waals surface area (Å²) in [6.45, 7) is 3.61. The summed E-state index contributed by atoms with van der Waals surface area (Å²) >= 11 is 0. The van der Waals surface area contributed by atoms with Crippen molar-refractivity contribution in [2.45, 2.75) is 31.6 Å². The lowest BCUT2D eigenvalue weighted by Gasteiger charge is -2.18. The van der Waals surface area contributed by atoms with Crippen LogP contribution in [0.3, 0.4) is 0 Å². The molecular formula is C23H28N4O5S. The summed E-state index contributed by atoms with van der Waals surface area (Å²) in [6, 6.07) is 13.9. The maximum Gasteiger partial charge on any atom is 0.253 e. The van der Waals surface area contributed by atoms with Crippen molar-refractivity contribution in [3.63, 3.8) is 0 Å². The number of anilines is 1. The molecule has 0 aromatic heterocycles. The van der Waals surface area contributed by atoms with E-state index in [1.165, 1.54) is 19.2 Å². The summed E-state index contributed by atoms with van der Waals surface area (Å²) in [6.07, 6.45) is 0.916. The second-order valence-corrected chi connectivity index (χ2v) is 10.1. The molecule has 0 radical (unpaired) electrons. The fourth-order valence-corrected chi connectivity index (χ4v) is 4.62. The molecule has 0 spiro atoms. The Labute approximate surface area is 193 Å². The molecule has 2 aromatic rings. The quantitative estimate of drug-likeness (QED) is 0.591. The van der Waals surface area contributed by atoms with Crippen LogP contribution in [0.4, 0.5) is 5.69 Å². The molecule has 3 rings (SSSR count). The molecule has 9 nitrogen and oxygen atoms in total. The Balaban J connectivity index is 1.52. The fraction of sp³-hybridized carbons (Fsp3) is 0.348. The number of hydrogen-bond acceptors (Lipinski definition) is 5. The zero-order chi connectivity index (χ0) is 24.2. The first-order chi connectivity index (χ1) is 15.6. The first kappa shape index (κ1) is 24.4. The minimum absolute atomic E-state index is 0.0267. The number of nitrogens with one attached hydrogen (secondary N) is 2. The molecule has 0 saturated carbocycles. The molecule has 1 aliphatic rings. The van der Waals surface area contributed by atoms with E-state index in [1.807, 2.05) is 38.1 Å². The maximum absolute atomic E-state index is 12.6. The minimum atomic E-state index is -3.85. The predicted molar refractivity (Wildman–Crippen MR) is 124 cm³/mol. The number of aryl methyl sites for hydroxylation is 2. The average molecular weight is 473 g/mol. The van der Waals surface area contributed by atoms with Crippen molar-refractivity contribution < 1.29 is 22.8 Å². The molecular weight excluding hydrogens is 444 g/mol. The molecule has 1 atom stereocenters. The van der Waals surface area contributed by atoms with E-state index in [4.69, 9.17) is 0 Å². The van der Waals surface area contributed by atoms with Crippen LogP contribution < -0.4 is 15.8 Å². The van der Waals surface area contributed by atoms with Gasteiger partial charge in [-0.05, 0) is 43.2 Å². The van der Waals surface area contributed by atoms with Gasteiger partial charge in [-0.2, -0.15) is 4.31 Å².